The molecule has 30 heavy (non-hydrogen) atoms. The van der Waals surface area contributed by atoms with Gasteiger partial charge >= 0.3 is 12.1 Å². The molecule has 0 fully saturated rings. The van der Waals surface area contributed by atoms with E-state index >= 15 is 0 Å². The third kappa shape index (κ3) is 5.41. The van der Waals surface area contributed by atoms with Crippen molar-refractivity contribution in [2.24, 2.45) is 0 Å². The standard InChI is InChI=1S/C19H17BrF3NO5S/c1-11(18(25)29-3)17(12-4-7-14(28-2)8-5-12)24-30(26,27)16-9-6-13(10-15(16)20)19(21,22)23/h4-10,17,24H,1H2,2-3H3. The molecule has 2 aromatic rings. The lowest BCUT2D eigenvalue weighted by Gasteiger charge is -2.21. The molecule has 0 aliphatic heterocycles. The smallest absolute Gasteiger partial charge is 0.416 e. The Hall–Kier alpha value is -2.37. The van der Waals surface area contributed by atoms with Crippen LogP contribution in [0.15, 0.2) is 64.0 Å². The van der Waals surface area contributed by atoms with Crippen molar-refractivity contribution in [2.45, 2.75) is 17.1 Å². The summed E-state index contributed by atoms with van der Waals surface area (Å²) in [5.74, 6) is -0.362. The topological polar surface area (TPSA) is 81.7 Å². The van der Waals surface area contributed by atoms with Crippen molar-refractivity contribution in [3.8, 4) is 5.75 Å². The molecule has 0 radical (unpaired) electrons. The molecular formula is C19H17BrF3NO5S. The van der Waals surface area contributed by atoms with Gasteiger partial charge in [0.15, 0.2) is 0 Å². The molecule has 0 aromatic heterocycles. The SMILES string of the molecule is C=C(C(=O)OC)C(NS(=O)(=O)c1ccc(C(F)(F)F)cc1Br)c1ccc(OC)cc1. The van der Waals surface area contributed by atoms with Gasteiger partial charge in [-0.1, -0.05) is 18.7 Å². The van der Waals surface area contributed by atoms with Gasteiger partial charge in [-0.25, -0.2) is 13.2 Å². The first kappa shape index (κ1) is 23.9. The van der Waals surface area contributed by atoms with Crippen molar-refractivity contribution < 1.29 is 35.9 Å². The van der Waals surface area contributed by atoms with Gasteiger partial charge in [-0.3, -0.25) is 0 Å². The minimum atomic E-state index is -4.64. The van der Waals surface area contributed by atoms with Crippen LogP contribution in [-0.4, -0.2) is 28.6 Å². The van der Waals surface area contributed by atoms with E-state index in [4.69, 9.17) is 4.74 Å². The molecule has 0 saturated heterocycles. The van der Waals surface area contributed by atoms with Gasteiger partial charge in [-0.2, -0.15) is 17.9 Å². The van der Waals surface area contributed by atoms with Crippen LogP contribution in [0.3, 0.4) is 0 Å². The molecule has 0 bridgehead atoms. The van der Waals surface area contributed by atoms with E-state index < -0.39 is 38.7 Å². The lowest BCUT2D eigenvalue weighted by molar-refractivity contribution is -0.138. The van der Waals surface area contributed by atoms with Crippen LogP contribution in [0, 0.1) is 0 Å². The summed E-state index contributed by atoms with van der Waals surface area (Å²) in [6.07, 6.45) is -4.64. The first-order valence-electron chi connectivity index (χ1n) is 8.21. The maximum Gasteiger partial charge on any atom is 0.416 e. The van der Waals surface area contributed by atoms with Crippen molar-refractivity contribution in [2.75, 3.05) is 14.2 Å². The molecule has 2 aromatic carbocycles. The average molecular weight is 508 g/mol. The van der Waals surface area contributed by atoms with Crippen LogP contribution in [0.5, 0.6) is 5.75 Å². The largest absolute Gasteiger partial charge is 0.497 e. The highest BCUT2D eigenvalue weighted by Gasteiger charge is 2.33. The fraction of sp³-hybridized carbons (Fsp3) is 0.211. The third-order valence-corrected chi connectivity index (χ3v) is 6.47. The Morgan fingerprint density at radius 3 is 2.20 bits per heavy atom. The first-order valence-corrected chi connectivity index (χ1v) is 10.5. The number of alkyl halides is 3. The van der Waals surface area contributed by atoms with E-state index in [0.717, 1.165) is 13.2 Å². The minimum absolute atomic E-state index is 0.214. The molecule has 11 heteroatoms. The lowest BCUT2D eigenvalue weighted by atomic mass is 10.0. The zero-order valence-corrected chi connectivity index (χ0v) is 18.2. The number of halogens is 4. The molecule has 0 spiro atoms. The highest BCUT2D eigenvalue weighted by atomic mass is 79.9. The van der Waals surface area contributed by atoms with E-state index in [1.54, 1.807) is 12.1 Å². The van der Waals surface area contributed by atoms with Crippen LogP contribution in [-0.2, 0) is 25.7 Å². The summed E-state index contributed by atoms with van der Waals surface area (Å²) in [7, 11) is -1.81. The monoisotopic (exact) mass is 507 g/mol. The van der Waals surface area contributed by atoms with Crippen molar-refractivity contribution in [1.29, 1.82) is 0 Å². The van der Waals surface area contributed by atoms with Gasteiger partial charge in [-0.05, 0) is 51.8 Å². The summed E-state index contributed by atoms with van der Waals surface area (Å²) in [5.41, 5.74) is -0.883. The molecule has 2 rings (SSSR count). The minimum Gasteiger partial charge on any atom is -0.497 e. The second-order valence-corrected chi connectivity index (χ2v) is 8.52. The maximum absolute atomic E-state index is 12.9. The predicted molar refractivity (Wildman–Crippen MR) is 106 cm³/mol. The van der Waals surface area contributed by atoms with Gasteiger partial charge in [0, 0.05) is 4.47 Å². The van der Waals surface area contributed by atoms with Gasteiger partial charge in [0.2, 0.25) is 10.0 Å². The molecular weight excluding hydrogens is 491 g/mol. The van der Waals surface area contributed by atoms with E-state index in [-0.39, 0.29) is 10.0 Å². The summed E-state index contributed by atoms with van der Waals surface area (Å²) in [4.78, 5) is 11.5. The number of ether oxygens (including phenoxy) is 2. The molecule has 0 amide bonds. The normalized spacial score (nSPS) is 12.9. The van der Waals surface area contributed by atoms with Crippen LogP contribution in [0.2, 0.25) is 0 Å². The van der Waals surface area contributed by atoms with Crippen LogP contribution in [0.1, 0.15) is 17.2 Å². The Bertz CT molecular complexity index is 1050. The van der Waals surface area contributed by atoms with E-state index in [1.165, 1.54) is 19.2 Å². The van der Waals surface area contributed by atoms with Gasteiger partial charge in [0.25, 0.3) is 0 Å². The van der Waals surface area contributed by atoms with Crippen LogP contribution in [0.4, 0.5) is 13.2 Å². The molecule has 6 nitrogen and oxygen atoms in total. The predicted octanol–water partition coefficient (Wildman–Crippen LogP) is 4.23. The van der Waals surface area contributed by atoms with Crippen molar-refractivity contribution >= 4 is 31.9 Å². The van der Waals surface area contributed by atoms with E-state index in [0.29, 0.717) is 23.4 Å². The maximum atomic E-state index is 12.9. The van der Waals surface area contributed by atoms with Gasteiger partial charge in [0.05, 0.1) is 36.3 Å². The zero-order chi connectivity index (χ0) is 22.7. The number of benzene rings is 2. The number of nitrogens with one attached hydrogen (secondary N) is 1. The van der Waals surface area contributed by atoms with Crippen LogP contribution in [0.25, 0.3) is 0 Å². The molecule has 0 heterocycles. The average Bonchev–Trinajstić information content (AvgIpc) is 2.70. The Morgan fingerprint density at radius 2 is 1.73 bits per heavy atom. The van der Waals surface area contributed by atoms with Gasteiger partial charge in [-0.15, -0.1) is 0 Å². The van der Waals surface area contributed by atoms with E-state index in [2.05, 4.69) is 32.0 Å². The highest BCUT2D eigenvalue weighted by Crippen LogP contribution is 2.34. The molecule has 162 valence electrons. The fourth-order valence-electron chi connectivity index (χ4n) is 2.50. The fourth-order valence-corrected chi connectivity index (χ4v) is 4.80. The Labute approximate surface area is 179 Å². The summed E-state index contributed by atoms with van der Waals surface area (Å²) < 4.78 is 76.1. The zero-order valence-electron chi connectivity index (χ0n) is 15.8. The lowest BCUT2D eigenvalue weighted by Crippen LogP contribution is -2.32. The van der Waals surface area contributed by atoms with Gasteiger partial charge < -0.3 is 9.47 Å². The van der Waals surface area contributed by atoms with E-state index in [1.807, 2.05) is 0 Å². The van der Waals surface area contributed by atoms with Crippen LogP contribution >= 0.6 is 15.9 Å². The second-order valence-electron chi connectivity index (χ2n) is 5.99. The third-order valence-electron chi connectivity index (χ3n) is 4.07. The van der Waals surface area contributed by atoms with Crippen molar-refractivity contribution in [3.05, 3.63) is 70.2 Å². The Kier molecular flexibility index (Phi) is 7.32. The number of rotatable bonds is 7. The molecule has 0 aliphatic carbocycles. The molecule has 0 aliphatic rings. The molecule has 1 unspecified atom stereocenters. The summed E-state index contributed by atoms with van der Waals surface area (Å²) in [6, 6.07) is 7.03. The number of carbonyl (C=O) groups excluding carboxylic acids is 1. The van der Waals surface area contributed by atoms with Crippen molar-refractivity contribution in [3.63, 3.8) is 0 Å². The summed E-state index contributed by atoms with van der Waals surface area (Å²) in [6.45, 7) is 3.60. The number of methoxy groups -OCH3 is 2. The summed E-state index contributed by atoms with van der Waals surface area (Å²) in [5, 5.41) is 0. The Morgan fingerprint density at radius 1 is 1.13 bits per heavy atom. The Balaban J connectivity index is 2.47. The molecule has 1 atom stereocenters. The number of sulfonamides is 1. The highest BCUT2D eigenvalue weighted by molar-refractivity contribution is 9.10. The first-order chi connectivity index (χ1) is 13.9. The number of esters is 1. The van der Waals surface area contributed by atoms with Gasteiger partial charge in [0.1, 0.15) is 5.75 Å². The summed E-state index contributed by atoms with van der Waals surface area (Å²) >= 11 is 2.87. The molecule has 1 N–H and O–H groups in total. The second kappa shape index (κ2) is 9.19. The molecule has 0 saturated carbocycles. The van der Waals surface area contributed by atoms with E-state index in [9.17, 15) is 26.4 Å². The number of hydrogen-bond acceptors (Lipinski definition) is 5. The number of carbonyl (C=O) groups is 1. The number of hydrogen-bond donors (Lipinski definition) is 1. The van der Waals surface area contributed by atoms with Crippen molar-refractivity contribution in [1.82, 2.24) is 4.72 Å². The quantitative estimate of drug-likeness (QED) is 0.448. The van der Waals surface area contributed by atoms with Crippen LogP contribution < -0.4 is 9.46 Å².